The molecule has 5 nitrogen and oxygen atoms in total. The zero-order valence-electron chi connectivity index (χ0n) is 9.41. The first-order valence-electron chi connectivity index (χ1n) is 5.27. The van der Waals surface area contributed by atoms with Crippen LogP contribution >= 0.6 is 0 Å². The van der Waals surface area contributed by atoms with Crippen molar-refractivity contribution in [3.63, 3.8) is 0 Å². The fraction of sp³-hybridized carbons (Fsp3) is 0.0769. The van der Waals surface area contributed by atoms with E-state index in [1.54, 1.807) is 18.2 Å². The van der Waals surface area contributed by atoms with Gasteiger partial charge in [0.2, 0.25) is 5.78 Å². The van der Waals surface area contributed by atoms with Crippen LogP contribution in [0, 0.1) is 0 Å². The fourth-order valence-electron chi connectivity index (χ4n) is 1.73. The number of hydrogen-bond donors (Lipinski definition) is 0. The normalized spacial score (nSPS) is 9.78. The second kappa shape index (κ2) is 5.12. The predicted octanol–water partition coefficient (Wildman–Crippen LogP) is 3.03. The van der Waals surface area contributed by atoms with Crippen molar-refractivity contribution in [2.24, 2.45) is 5.11 Å². The highest BCUT2D eigenvalue weighted by atomic mass is 16.2. The Bertz CT molecular complexity index is 673. The van der Waals surface area contributed by atoms with Crippen molar-refractivity contribution in [3.05, 3.63) is 58.0 Å². The van der Waals surface area contributed by atoms with Crippen LogP contribution < -0.4 is 0 Å². The first kappa shape index (κ1) is 11.8. The Labute approximate surface area is 103 Å². The van der Waals surface area contributed by atoms with Crippen molar-refractivity contribution in [1.29, 1.82) is 0 Å². The van der Waals surface area contributed by atoms with Gasteiger partial charge in [-0.25, -0.2) is 0 Å². The molecule has 0 aliphatic carbocycles. The molecule has 0 saturated heterocycles. The van der Waals surface area contributed by atoms with Crippen LogP contribution in [0.4, 0.5) is 0 Å². The lowest BCUT2D eigenvalue weighted by atomic mass is 10.0. The van der Waals surface area contributed by atoms with Crippen LogP contribution in [0.2, 0.25) is 0 Å². The summed E-state index contributed by atoms with van der Waals surface area (Å²) in [6.07, 6.45) is 0.303. The molecule has 2 aromatic carbocycles. The number of rotatable bonds is 4. The first-order chi connectivity index (χ1) is 8.74. The second-order valence-corrected chi connectivity index (χ2v) is 3.77. The summed E-state index contributed by atoms with van der Waals surface area (Å²) in [4.78, 5) is 24.4. The second-order valence-electron chi connectivity index (χ2n) is 3.77. The van der Waals surface area contributed by atoms with E-state index in [0.717, 1.165) is 16.3 Å². The summed E-state index contributed by atoms with van der Waals surface area (Å²) in [5.41, 5.74) is 9.53. The van der Waals surface area contributed by atoms with Crippen LogP contribution in [0.15, 0.2) is 41.5 Å². The molecule has 2 rings (SSSR count). The number of benzene rings is 2. The van der Waals surface area contributed by atoms with Crippen molar-refractivity contribution in [2.45, 2.75) is 6.54 Å². The summed E-state index contributed by atoms with van der Waals surface area (Å²) in [5, 5.41) is 5.29. The molecule has 0 spiro atoms. The van der Waals surface area contributed by atoms with Crippen molar-refractivity contribution in [2.75, 3.05) is 0 Å². The lowest BCUT2D eigenvalue weighted by Crippen LogP contribution is -1.99. The van der Waals surface area contributed by atoms with Crippen LogP contribution in [0.5, 0.6) is 0 Å². The van der Waals surface area contributed by atoms with Crippen LogP contribution in [-0.2, 0) is 11.3 Å². The van der Waals surface area contributed by atoms with Crippen LogP contribution in [0.25, 0.3) is 21.2 Å². The molecule has 0 aliphatic heterocycles. The third kappa shape index (κ3) is 2.36. The maximum atomic E-state index is 11.2. The highest BCUT2D eigenvalue weighted by molar-refractivity contribution is 6.33. The molecule has 0 heterocycles. The van der Waals surface area contributed by atoms with Gasteiger partial charge in [-0.3, -0.25) is 9.59 Å². The quantitative estimate of drug-likeness (QED) is 0.205. The van der Waals surface area contributed by atoms with Crippen molar-refractivity contribution < 1.29 is 9.59 Å². The van der Waals surface area contributed by atoms with Crippen LogP contribution in [0.3, 0.4) is 0 Å². The van der Waals surface area contributed by atoms with Gasteiger partial charge in [0.15, 0.2) is 6.29 Å². The number of fused-ring (bicyclic) bond motifs is 1. The summed E-state index contributed by atoms with van der Waals surface area (Å²) in [7, 11) is 0. The van der Waals surface area contributed by atoms with Gasteiger partial charge in [-0.1, -0.05) is 35.4 Å². The summed E-state index contributed by atoms with van der Waals surface area (Å²) < 4.78 is 0. The first-order valence-corrected chi connectivity index (χ1v) is 5.27. The van der Waals surface area contributed by atoms with Gasteiger partial charge in [0, 0.05) is 10.5 Å². The Morgan fingerprint density at radius 2 is 1.94 bits per heavy atom. The Morgan fingerprint density at radius 1 is 1.22 bits per heavy atom. The van der Waals surface area contributed by atoms with Gasteiger partial charge in [-0.2, -0.15) is 0 Å². The molecule has 0 radical (unpaired) electrons. The molecule has 5 heteroatoms. The van der Waals surface area contributed by atoms with Crippen LogP contribution in [0.1, 0.15) is 15.9 Å². The number of ketones is 1. The van der Waals surface area contributed by atoms with E-state index in [-0.39, 0.29) is 0 Å². The fourth-order valence-corrected chi connectivity index (χ4v) is 1.73. The molecule has 2 aromatic rings. The van der Waals surface area contributed by atoms with E-state index in [0.29, 0.717) is 18.4 Å². The van der Waals surface area contributed by atoms with Gasteiger partial charge >= 0.3 is 0 Å². The minimum absolute atomic E-state index is 0.293. The number of Topliss-reactive ketones (excluding diaryl/α,β-unsaturated/α-hetero) is 1. The van der Waals surface area contributed by atoms with E-state index in [2.05, 4.69) is 10.0 Å². The summed E-state index contributed by atoms with van der Waals surface area (Å²) in [5.74, 6) is -0.532. The molecule has 0 unspecified atom stereocenters. The molecule has 0 aromatic heterocycles. The molecule has 88 valence electrons. The number of carbonyl (C=O) groups is 2. The number of aldehydes is 1. The monoisotopic (exact) mass is 239 g/mol. The lowest BCUT2D eigenvalue weighted by Gasteiger charge is -2.02. The molecule has 18 heavy (non-hydrogen) atoms. The average Bonchev–Trinajstić information content (AvgIpc) is 2.43. The van der Waals surface area contributed by atoms with Gasteiger partial charge < -0.3 is 0 Å². The SMILES string of the molecule is [N-]=[N+]=NCc1ccc2cc(C(=O)C=O)ccc2c1. The number of nitrogens with zero attached hydrogens (tertiary/aromatic N) is 3. The lowest BCUT2D eigenvalue weighted by molar-refractivity contribution is -0.104. The highest BCUT2D eigenvalue weighted by Gasteiger charge is 2.04. The largest absolute Gasteiger partial charge is 0.294 e. The van der Waals surface area contributed by atoms with Gasteiger partial charge in [0.05, 0.1) is 6.54 Å². The Balaban J connectivity index is 2.44. The summed E-state index contributed by atoms with van der Waals surface area (Å²) in [6, 6.07) is 10.6. The molecule has 0 aliphatic rings. The predicted molar refractivity (Wildman–Crippen MR) is 67.2 cm³/mol. The summed E-state index contributed by atoms with van der Waals surface area (Å²) >= 11 is 0. The zero-order valence-corrected chi connectivity index (χ0v) is 9.41. The van der Waals surface area contributed by atoms with Gasteiger partial charge in [0.1, 0.15) is 0 Å². The Kier molecular flexibility index (Phi) is 3.36. The molecule has 0 saturated carbocycles. The van der Waals surface area contributed by atoms with Crippen molar-refractivity contribution in [3.8, 4) is 0 Å². The van der Waals surface area contributed by atoms with Crippen molar-refractivity contribution in [1.82, 2.24) is 0 Å². The highest BCUT2D eigenvalue weighted by Crippen LogP contribution is 2.18. The Morgan fingerprint density at radius 3 is 2.67 bits per heavy atom. The molecular formula is C13H9N3O2. The van der Waals surface area contributed by atoms with E-state index in [4.69, 9.17) is 5.53 Å². The number of carbonyl (C=O) groups excluding carboxylic acids is 2. The van der Waals surface area contributed by atoms with E-state index < -0.39 is 5.78 Å². The molecule has 0 bridgehead atoms. The zero-order chi connectivity index (χ0) is 13.0. The maximum absolute atomic E-state index is 11.2. The number of hydrogen-bond acceptors (Lipinski definition) is 3. The van der Waals surface area contributed by atoms with Gasteiger partial charge in [-0.05, 0) is 27.9 Å². The minimum Gasteiger partial charge on any atom is -0.294 e. The molecule has 0 atom stereocenters. The van der Waals surface area contributed by atoms with E-state index in [9.17, 15) is 9.59 Å². The van der Waals surface area contributed by atoms with Gasteiger partial charge in [-0.15, -0.1) is 0 Å². The minimum atomic E-state index is -0.532. The molecule has 0 N–H and O–H groups in total. The smallest absolute Gasteiger partial charge is 0.225 e. The molecule has 0 fully saturated rings. The third-order valence-electron chi connectivity index (χ3n) is 2.61. The average molecular weight is 239 g/mol. The van der Waals surface area contributed by atoms with E-state index in [1.807, 2.05) is 18.2 Å². The standard InChI is InChI=1S/C13H9N3O2/c14-16-15-7-9-1-2-11-6-12(13(18)8-17)4-3-10(11)5-9/h1-6,8H,7H2. The van der Waals surface area contributed by atoms with E-state index >= 15 is 0 Å². The number of azide groups is 1. The topological polar surface area (TPSA) is 82.9 Å². The summed E-state index contributed by atoms with van der Waals surface area (Å²) in [6.45, 7) is 0.293. The maximum Gasteiger partial charge on any atom is 0.225 e. The van der Waals surface area contributed by atoms with Crippen molar-refractivity contribution >= 4 is 22.8 Å². The van der Waals surface area contributed by atoms with E-state index in [1.165, 1.54) is 0 Å². The van der Waals surface area contributed by atoms with Crippen LogP contribution in [-0.4, -0.2) is 12.1 Å². The van der Waals surface area contributed by atoms with Gasteiger partial charge in [0.25, 0.3) is 0 Å². The molecule has 0 amide bonds. The third-order valence-corrected chi connectivity index (χ3v) is 2.61. The Hall–Kier alpha value is -2.65. The molecular weight excluding hydrogens is 230 g/mol.